The van der Waals surface area contributed by atoms with E-state index in [-0.39, 0.29) is 22.4 Å². The molecule has 38 heavy (non-hydrogen) atoms. The van der Waals surface area contributed by atoms with Gasteiger partial charge in [0.05, 0.1) is 5.75 Å². The number of carboxylic acids is 2. The van der Waals surface area contributed by atoms with Gasteiger partial charge in [0.15, 0.2) is 11.5 Å². The maximum Gasteiger partial charge on any atom is 0.349 e. The van der Waals surface area contributed by atoms with E-state index in [2.05, 4.69) is 5.32 Å². The van der Waals surface area contributed by atoms with E-state index in [1.54, 1.807) is 11.2 Å². The predicted molar refractivity (Wildman–Crippen MR) is 147 cm³/mol. The van der Waals surface area contributed by atoms with Gasteiger partial charge in [-0.2, -0.15) is 0 Å². The Morgan fingerprint density at radius 1 is 1.08 bits per heavy atom. The van der Waals surface area contributed by atoms with Crippen LogP contribution in [0.5, 0.6) is 5.75 Å². The van der Waals surface area contributed by atoms with Gasteiger partial charge in [0, 0.05) is 35.3 Å². The monoisotopic (exact) mass is 558 g/mol. The molecule has 2 heterocycles. The van der Waals surface area contributed by atoms with E-state index in [9.17, 15) is 23.1 Å². The zero-order valence-electron chi connectivity index (χ0n) is 21.1. The van der Waals surface area contributed by atoms with E-state index < -0.39 is 28.6 Å². The van der Waals surface area contributed by atoms with Gasteiger partial charge in [-0.1, -0.05) is 42.0 Å². The van der Waals surface area contributed by atoms with E-state index >= 15 is 0 Å². The number of rotatable bonds is 10. The van der Waals surface area contributed by atoms with E-state index in [1.165, 1.54) is 0 Å². The lowest BCUT2D eigenvalue weighted by Crippen LogP contribution is -2.42. The molecule has 0 amide bonds. The van der Waals surface area contributed by atoms with Crippen LogP contribution < -0.4 is 10.1 Å². The number of nitrogens with zero attached hydrogens (tertiary/aromatic N) is 1. The molecule has 0 saturated carbocycles. The summed E-state index contributed by atoms with van der Waals surface area (Å²) in [6, 6.07) is 15.2. The van der Waals surface area contributed by atoms with E-state index in [1.807, 2.05) is 55.5 Å². The van der Waals surface area contributed by atoms with E-state index in [0.717, 1.165) is 33.7 Å². The van der Waals surface area contributed by atoms with Crippen molar-refractivity contribution in [2.24, 2.45) is 0 Å². The van der Waals surface area contributed by atoms with Gasteiger partial charge in [-0.3, -0.25) is 0 Å². The van der Waals surface area contributed by atoms with Crippen LogP contribution in [-0.2, 0) is 20.6 Å². The number of sulfonamides is 1. The van der Waals surface area contributed by atoms with Crippen LogP contribution >= 0.6 is 11.3 Å². The zero-order valence-corrected chi connectivity index (χ0v) is 22.8. The fourth-order valence-electron chi connectivity index (χ4n) is 4.59. The first-order chi connectivity index (χ1) is 18.0. The summed E-state index contributed by atoms with van der Waals surface area (Å²) in [7, 11) is -3.41. The molecule has 1 aliphatic rings. The summed E-state index contributed by atoms with van der Waals surface area (Å²) in [4.78, 5) is 23.3. The summed E-state index contributed by atoms with van der Waals surface area (Å²) in [5.74, 6) is -2.31. The summed E-state index contributed by atoms with van der Waals surface area (Å²) in [5.41, 5.74) is 4.00. The lowest BCUT2D eigenvalue weighted by Gasteiger charge is -2.32. The lowest BCUT2D eigenvalue weighted by atomic mass is 10.0. The number of carbonyl (C=O) groups is 2. The molecule has 0 radical (unpaired) electrons. The smallest absolute Gasteiger partial charge is 0.349 e. The molecule has 0 spiro atoms. The summed E-state index contributed by atoms with van der Waals surface area (Å²) in [5, 5.41) is 22.0. The second-order valence-corrected chi connectivity index (χ2v) is 12.3. The fraction of sp³-hybridized carbons (Fsp3) is 0.333. The first-order valence-electron chi connectivity index (χ1n) is 12.1. The molecule has 9 nitrogen and oxygen atoms in total. The van der Waals surface area contributed by atoms with Crippen LogP contribution in [0, 0.1) is 13.8 Å². The van der Waals surface area contributed by atoms with Crippen LogP contribution in [0.25, 0.3) is 10.4 Å². The molecule has 202 valence electrons. The molecular weight excluding hydrogens is 528 g/mol. The van der Waals surface area contributed by atoms with E-state index in [0.29, 0.717) is 36.4 Å². The van der Waals surface area contributed by atoms with Crippen molar-refractivity contribution in [3.8, 4) is 16.2 Å². The minimum atomic E-state index is -3.41. The Bertz CT molecular complexity index is 1440. The summed E-state index contributed by atoms with van der Waals surface area (Å²) >= 11 is 1.04. The number of benzene rings is 2. The molecule has 1 fully saturated rings. The number of piperidine rings is 1. The SMILES string of the molecule is Cc1cccc(CS(=O)(=O)N2CCC(Nc3cccc(-c4sc(C(=O)O)c(OCC(=O)O)c4C)c3)CC2)c1. The molecular formula is C27H30N2O7S2. The molecule has 1 saturated heterocycles. The van der Waals surface area contributed by atoms with Gasteiger partial charge >= 0.3 is 11.9 Å². The Labute approximate surface area is 225 Å². The van der Waals surface area contributed by atoms with Gasteiger partial charge in [-0.15, -0.1) is 11.3 Å². The topological polar surface area (TPSA) is 133 Å². The molecule has 0 atom stereocenters. The van der Waals surface area contributed by atoms with Crippen LogP contribution in [0.15, 0.2) is 48.5 Å². The van der Waals surface area contributed by atoms with Gasteiger partial charge in [0.25, 0.3) is 0 Å². The molecule has 11 heteroatoms. The van der Waals surface area contributed by atoms with Crippen LogP contribution in [-0.4, -0.2) is 60.6 Å². The number of aliphatic carboxylic acids is 1. The molecule has 3 aromatic rings. The second kappa shape index (κ2) is 11.5. The van der Waals surface area contributed by atoms with Gasteiger partial charge < -0.3 is 20.3 Å². The number of anilines is 1. The Hall–Kier alpha value is -3.41. The van der Waals surface area contributed by atoms with Gasteiger partial charge in [0.2, 0.25) is 10.0 Å². The van der Waals surface area contributed by atoms with Crippen LogP contribution in [0.1, 0.15) is 39.2 Å². The summed E-state index contributed by atoms with van der Waals surface area (Å²) in [6.45, 7) is 3.89. The minimum absolute atomic E-state index is 0.00845. The number of hydrogen-bond donors (Lipinski definition) is 3. The van der Waals surface area contributed by atoms with Crippen molar-refractivity contribution in [3.05, 3.63) is 70.1 Å². The van der Waals surface area contributed by atoms with Crippen molar-refractivity contribution in [2.45, 2.75) is 38.5 Å². The number of nitrogens with one attached hydrogen (secondary N) is 1. The molecule has 1 aliphatic heterocycles. The van der Waals surface area contributed by atoms with Crippen molar-refractivity contribution in [1.29, 1.82) is 0 Å². The van der Waals surface area contributed by atoms with Gasteiger partial charge in [0.1, 0.15) is 5.75 Å². The van der Waals surface area contributed by atoms with Crippen molar-refractivity contribution >= 4 is 39.0 Å². The number of thiophene rings is 1. The highest BCUT2D eigenvalue weighted by Gasteiger charge is 2.28. The van der Waals surface area contributed by atoms with Crippen molar-refractivity contribution in [2.75, 3.05) is 25.0 Å². The van der Waals surface area contributed by atoms with Crippen molar-refractivity contribution < 1.29 is 33.0 Å². The highest BCUT2D eigenvalue weighted by molar-refractivity contribution is 7.88. The third-order valence-electron chi connectivity index (χ3n) is 6.40. The number of aromatic carboxylic acids is 1. The Morgan fingerprint density at radius 2 is 1.79 bits per heavy atom. The highest BCUT2D eigenvalue weighted by atomic mass is 32.2. The zero-order chi connectivity index (χ0) is 27.4. The first-order valence-corrected chi connectivity index (χ1v) is 14.6. The number of aryl methyl sites for hydroxylation is 1. The maximum atomic E-state index is 12.9. The standard InChI is InChI=1S/C27H30N2O7S2/c1-17-5-3-6-19(13-17)16-38(34,35)29-11-9-21(10-12-29)28-22-8-4-7-20(14-22)25-18(2)24(36-15-23(30)31)26(37-25)27(32)33/h3-8,13-14,21,28H,9-12,15-16H2,1-2H3,(H,30,31)(H,32,33). The molecule has 0 aliphatic carbocycles. The summed E-state index contributed by atoms with van der Waals surface area (Å²) in [6.07, 6.45) is 1.32. The second-order valence-electron chi connectivity index (χ2n) is 9.35. The highest BCUT2D eigenvalue weighted by Crippen LogP contribution is 2.42. The summed E-state index contributed by atoms with van der Waals surface area (Å²) < 4.78 is 32.7. The molecule has 4 rings (SSSR count). The average Bonchev–Trinajstić information content (AvgIpc) is 3.19. The Balaban J connectivity index is 1.43. The average molecular weight is 559 g/mol. The number of carboxylic acid groups (broad SMARTS) is 2. The van der Waals surface area contributed by atoms with Gasteiger partial charge in [-0.05, 0) is 49.9 Å². The largest absolute Gasteiger partial charge is 0.480 e. The molecule has 3 N–H and O–H groups in total. The number of ether oxygens (including phenoxy) is 1. The van der Waals surface area contributed by atoms with Crippen molar-refractivity contribution in [3.63, 3.8) is 0 Å². The van der Waals surface area contributed by atoms with Crippen LogP contribution in [0.2, 0.25) is 0 Å². The van der Waals surface area contributed by atoms with Crippen molar-refractivity contribution in [1.82, 2.24) is 4.31 Å². The predicted octanol–water partition coefficient (Wildman–Crippen LogP) is 4.60. The van der Waals surface area contributed by atoms with Gasteiger partial charge in [-0.25, -0.2) is 22.3 Å². The Morgan fingerprint density at radius 3 is 2.45 bits per heavy atom. The van der Waals surface area contributed by atoms with E-state index in [4.69, 9.17) is 9.84 Å². The van der Waals surface area contributed by atoms with Crippen LogP contribution in [0.3, 0.4) is 0 Å². The Kier molecular flexibility index (Phi) is 8.39. The quantitative estimate of drug-likeness (QED) is 0.329. The van der Waals surface area contributed by atoms with Crippen LogP contribution in [0.4, 0.5) is 5.69 Å². The molecule has 1 aromatic heterocycles. The molecule has 2 aromatic carbocycles. The molecule has 0 unspecified atom stereocenters. The number of hydrogen-bond acceptors (Lipinski definition) is 7. The third kappa shape index (κ3) is 6.53. The maximum absolute atomic E-state index is 12.9. The minimum Gasteiger partial charge on any atom is -0.480 e. The lowest BCUT2D eigenvalue weighted by molar-refractivity contribution is -0.139. The third-order valence-corrected chi connectivity index (χ3v) is 9.56. The normalized spacial score (nSPS) is 14.8. The molecule has 0 bridgehead atoms. The first kappa shape index (κ1) is 27.6. The fourth-order valence-corrected chi connectivity index (χ4v) is 7.23.